The summed E-state index contributed by atoms with van der Waals surface area (Å²) in [7, 11) is 0. The zero-order valence-electron chi connectivity index (χ0n) is 11.8. The second-order valence-electron chi connectivity index (χ2n) is 5.29. The maximum atomic E-state index is 11.2. The van der Waals surface area contributed by atoms with Crippen LogP contribution in [0.5, 0.6) is 0 Å². The molecule has 110 valence electrons. The number of hydrogen-bond donors (Lipinski definition) is 0. The molecule has 0 aliphatic carbocycles. The van der Waals surface area contributed by atoms with Gasteiger partial charge in [0.2, 0.25) is 0 Å². The Morgan fingerprint density at radius 3 is 2.50 bits per heavy atom. The van der Waals surface area contributed by atoms with Crippen molar-refractivity contribution in [3.05, 3.63) is 35.9 Å². The molecule has 0 aromatic heterocycles. The Morgan fingerprint density at radius 1 is 1.35 bits per heavy atom. The molecule has 0 bridgehead atoms. The summed E-state index contributed by atoms with van der Waals surface area (Å²) in [4.78, 5) is 21.0. The Bertz CT molecular complexity index is 434. The SMILES string of the molecule is CC1(C)CN(Br)CCC1=O.O=COCc1ccccc1. The van der Waals surface area contributed by atoms with Crippen LogP contribution in [-0.2, 0) is 20.9 Å². The molecule has 0 radical (unpaired) electrons. The van der Waals surface area contributed by atoms with Crippen LogP contribution in [0.3, 0.4) is 0 Å². The second kappa shape index (κ2) is 8.17. The maximum Gasteiger partial charge on any atom is 0.293 e. The monoisotopic (exact) mass is 341 g/mol. The first-order valence-corrected chi connectivity index (χ1v) is 7.20. The van der Waals surface area contributed by atoms with Crippen molar-refractivity contribution in [1.82, 2.24) is 3.93 Å². The van der Waals surface area contributed by atoms with Crippen molar-refractivity contribution >= 4 is 28.4 Å². The van der Waals surface area contributed by atoms with Gasteiger partial charge in [0, 0.05) is 41.1 Å². The third-order valence-electron chi connectivity index (χ3n) is 3.06. The minimum absolute atomic E-state index is 0.151. The summed E-state index contributed by atoms with van der Waals surface area (Å²) in [5.74, 6) is 0.378. The minimum atomic E-state index is -0.151. The number of piperidine rings is 1. The minimum Gasteiger partial charge on any atom is -0.463 e. The molecule has 0 atom stereocenters. The Kier molecular flexibility index (Phi) is 6.88. The van der Waals surface area contributed by atoms with Crippen molar-refractivity contribution in [2.45, 2.75) is 26.9 Å². The maximum absolute atomic E-state index is 11.2. The van der Waals surface area contributed by atoms with E-state index in [1.165, 1.54) is 0 Å². The molecule has 1 aliphatic rings. The van der Waals surface area contributed by atoms with Crippen LogP contribution in [0.15, 0.2) is 30.3 Å². The van der Waals surface area contributed by atoms with E-state index in [1.807, 2.05) is 48.1 Å². The molecule has 0 N–H and O–H groups in total. The van der Waals surface area contributed by atoms with Crippen molar-refractivity contribution in [2.75, 3.05) is 13.1 Å². The zero-order chi connectivity index (χ0) is 15.0. The Morgan fingerprint density at radius 2 is 2.00 bits per heavy atom. The second-order valence-corrected chi connectivity index (χ2v) is 6.30. The molecule has 5 heteroatoms. The highest BCUT2D eigenvalue weighted by Gasteiger charge is 2.33. The van der Waals surface area contributed by atoms with Gasteiger partial charge in [-0.15, -0.1) is 0 Å². The third-order valence-corrected chi connectivity index (χ3v) is 3.67. The van der Waals surface area contributed by atoms with Gasteiger partial charge < -0.3 is 4.74 Å². The molecular formula is C15H20BrNO3. The van der Waals surface area contributed by atoms with Crippen LogP contribution in [0.4, 0.5) is 0 Å². The first-order valence-electron chi connectivity index (χ1n) is 6.49. The van der Waals surface area contributed by atoms with Crippen LogP contribution >= 0.6 is 16.1 Å². The van der Waals surface area contributed by atoms with Gasteiger partial charge in [-0.25, -0.2) is 3.93 Å². The van der Waals surface area contributed by atoms with Crippen LogP contribution in [0.2, 0.25) is 0 Å². The van der Waals surface area contributed by atoms with E-state index in [0.717, 1.165) is 18.7 Å². The predicted octanol–water partition coefficient (Wildman–Crippen LogP) is 2.96. The smallest absolute Gasteiger partial charge is 0.293 e. The summed E-state index contributed by atoms with van der Waals surface area (Å²) in [6, 6.07) is 9.55. The number of nitrogens with zero attached hydrogens (tertiary/aromatic N) is 1. The molecule has 1 heterocycles. The molecular weight excluding hydrogens is 322 g/mol. The Hall–Kier alpha value is -1.20. The molecule has 2 rings (SSSR count). The Labute approximate surface area is 128 Å². The van der Waals surface area contributed by atoms with Crippen molar-refractivity contribution < 1.29 is 14.3 Å². The highest BCUT2D eigenvalue weighted by molar-refractivity contribution is 9.07. The van der Waals surface area contributed by atoms with Crippen LogP contribution in [-0.4, -0.2) is 29.3 Å². The highest BCUT2D eigenvalue weighted by Crippen LogP contribution is 2.26. The van der Waals surface area contributed by atoms with Gasteiger partial charge in [0.1, 0.15) is 12.4 Å². The summed E-state index contributed by atoms with van der Waals surface area (Å²) in [6.45, 7) is 6.47. The van der Waals surface area contributed by atoms with Crippen LogP contribution in [0, 0.1) is 5.41 Å². The lowest BCUT2D eigenvalue weighted by atomic mass is 9.84. The molecule has 0 spiro atoms. The third kappa shape index (κ3) is 5.84. The normalized spacial score (nSPS) is 17.9. The molecule has 20 heavy (non-hydrogen) atoms. The van der Waals surface area contributed by atoms with Crippen molar-refractivity contribution in [3.63, 3.8) is 0 Å². The van der Waals surface area contributed by atoms with Crippen molar-refractivity contribution in [1.29, 1.82) is 0 Å². The fourth-order valence-corrected chi connectivity index (χ4v) is 2.67. The van der Waals surface area contributed by atoms with Crippen LogP contribution in [0.25, 0.3) is 0 Å². The summed E-state index contributed by atoms with van der Waals surface area (Å²) in [5, 5.41) is 0. The number of ether oxygens (including phenoxy) is 1. The summed E-state index contributed by atoms with van der Waals surface area (Å²) in [6.07, 6.45) is 0.679. The van der Waals surface area contributed by atoms with Crippen molar-refractivity contribution in [2.24, 2.45) is 5.41 Å². The molecule has 0 amide bonds. The standard InChI is InChI=1S/C8H8O2.C7H12BrNO/c9-7-10-6-8-4-2-1-3-5-8;1-7(2)5-9(8)4-3-6(7)10/h1-5,7H,6H2;3-5H2,1-2H3. The molecule has 0 unspecified atom stereocenters. The van der Waals surface area contributed by atoms with E-state index >= 15 is 0 Å². The number of Topliss-reactive ketones (excluding diaryl/α,β-unsaturated/α-hetero) is 1. The first kappa shape index (κ1) is 16.9. The van der Waals surface area contributed by atoms with Gasteiger partial charge in [0.05, 0.1) is 0 Å². The number of carbonyl (C=O) groups is 2. The number of ketones is 1. The lowest BCUT2D eigenvalue weighted by Gasteiger charge is -2.32. The van der Waals surface area contributed by atoms with E-state index in [4.69, 9.17) is 0 Å². The summed E-state index contributed by atoms with van der Waals surface area (Å²) < 4.78 is 6.56. The van der Waals surface area contributed by atoms with Gasteiger partial charge in [0.15, 0.2) is 0 Å². The average Bonchev–Trinajstić information content (AvgIpc) is 2.42. The van der Waals surface area contributed by atoms with Gasteiger partial charge in [-0.2, -0.15) is 0 Å². The number of benzene rings is 1. The lowest BCUT2D eigenvalue weighted by Crippen LogP contribution is -2.41. The number of hydrogen-bond acceptors (Lipinski definition) is 4. The van der Waals surface area contributed by atoms with Crippen LogP contribution in [0.1, 0.15) is 25.8 Å². The van der Waals surface area contributed by atoms with Gasteiger partial charge >= 0.3 is 0 Å². The molecule has 1 aromatic rings. The van der Waals surface area contributed by atoms with Gasteiger partial charge in [-0.3, -0.25) is 9.59 Å². The van der Waals surface area contributed by atoms with Crippen LogP contribution < -0.4 is 0 Å². The summed E-state index contributed by atoms with van der Waals surface area (Å²) >= 11 is 3.37. The number of rotatable bonds is 3. The Balaban J connectivity index is 0.000000200. The fraction of sp³-hybridized carbons (Fsp3) is 0.467. The van der Waals surface area contributed by atoms with E-state index in [9.17, 15) is 9.59 Å². The molecule has 4 nitrogen and oxygen atoms in total. The van der Waals surface area contributed by atoms with Crippen molar-refractivity contribution in [3.8, 4) is 0 Å². The number of halogens is 1. The van der Waals surface area contributed by atoms with Gasteiger partial charge in [0.25, 0.3) is 6.47 Å². The quantitative estimate of drug-likeness (QED) is 0.626. The fourth-order valence-electron chi connectivity index (χ4n) is 1.86. The summed E-state index contributed by atoms with van der Waals surface area (Å²) in [5.41, 5.74) is 0.858. The van der Waals surface area contributed by atoms with E-state index in [2.05, 4.69) is 20.9 Å². The average molecular weight is 342 g/mol. The highest BCUT2D eigenvalue weighted by atomic mass is 79.9. The molecule has 0 saturated carbocycles. The molecule has 1 saturated heterocycles. The zero-order valence-corrected chi connectivity index (χ0v) is 13.4. The van der Waals surface area contributed by atoms with Gasteiger partial charge in [-0.1, -0.05) is 44.2 Å². The molecule has 1 fully saturated rings. The lowest BCUT2D eigenvalue weighted by molar-refractivity contribution is -0.130. The topological polar surface area (TPSA) is 46.6 Å². The van der Waals surface area contributed by atoms with E-state index in [-0.39, 0.29) is 5.41 Å². The number of carbonyl (C=O) groups excluding carboxylic acids is 2. The van der Waals surface area contributed by atoms with Gasteiger partial charge in [-0.05, 0) is 5.56 Å². The largest absolute Gasteiger partial charge is 0.463 e. The first-order chi connectivity index (χ1) is 9.45. The van der Waals surface area contributed by atoms with E-state index in [0.29, 0.717) is 25.3 Å². The molecule has 1 aromatic carbocycles. The predicted molar refractivity (Wildman–Crippen MR) is 81.2 cm³/mol. The van der Waals surface area contributed by atoms with E-state index < -0.39 is 0 Å². The van der Waals surface area contributed by atoms with E-state index in [1.54, 1.807) is 0 Å². The molecule has 1 aliphatic heterocycles.